The fourth-order valence-corrected chi connectivity index (χ4v) is 2.19. The van der Waals surface area contributed by atoms with Crippen molar-refractivity contribution in [2.45, 2.75) is 25.9 Å². The molecule has 0 radical (unpaired) electrons. The molecule has 1 aliphatic heterocycles. The van der Waals surface area contributed by atoms with Crippen LogP contribution in [-0.2, 0) is 6.54 Å². The molecule has 0 spiro atoms. The van der Waals surface area contributed by atoms with Crippen LogP contribution in [0, 0.1) is 12.7 Å². The predicted octanol–water partition coefficient (Wildman–Crippen LogP) is 1.93. The molecule has 3 heteroatoms. The quantitative estimate of drug-likeness (QED) is 0.840. The molecule has 1 aromatic rings. The summed E-state index contributed by atoms with van der Waals surface area (Å²) in [5.41, 5.74) is 2.22. The summed E-state index contributed by atoms with van der Waals surface area (Å²) in [5, 5.41) is 3.49. The summed E-state index contributed by atoms with van der Waals surface area (Å²) in [6, 6.07) is 5.53. The average Bonchev–Trinajstić information content (AvgIpc) is 2.66. The normalized spacial score (nSPS) is 21.6. The molecule has 88 valence electrons. The fraction of sp³-hybridized carbons (Fsp3) is 0.538. The molecule has 0 saturated carbocycles. The summed E-state index contributed by atoms with van der Waals surface area (Å²) in [4.78, 5) is 2.32. The highest BCUT2D eigenvalue weighted by atomic mass is 19.1. The summed E-state index contributed by atoms with van der Waals surface area (Å²) >= 11 is 0. The van der Waals surface area contributed by atoms with Crippen LogP contribution in [0.1, 0.15) is 17.5 Å². The van der Waals surface area contributed by atoms with E-state index in [-0.39, 0.29) is 5.82 Å². The van der Waals surface area contributed by atoms with E-state index in [1.54, 1.807) is 6.07 Å². The molecule has 0 bridgehead atoms. The second-order valence-corrected chi connectivity index (χ2v) is 4.70. The van der Waals surface area contributed by atoms with E-state index < -0.39 is 0 Å². The summed E-state index contributed by atoms with van der Waals surface area (Å²) in [7, 11) is 2.13. The molecule has 16 heavy (non-hydrogen) atoms. The second-order valence-electron chi connectivity index (χ2n) is 4.70. The molecule has 1 atom stereocenters. The second kappa shape index (κ2) is 4.93. The van der Waals surface area contributed by atoms with Crippen LogP contribution < -0.4 is 5.32 Å². The Kier molecular flexibility index (Phi) is 3.56. The standard InChI is InChI=1S/C13H19FN2/c1-10-3-4-12(14)7-11(10)8-15-13-5-6-16(2)9-13/h3-4,7,13,15H,5-6,8-9H2,1-2H3. The zero-order valence-electron chi connectivity index (χ0n) is 9.96. The third-order valence-corrected chi connectivity index (χ3v) is 3.28. The molecule has 2 nitrogen and oxygen atoms in total. The molecule has 1 N–H and O–H groups in total. The molecule has 1 fully saturated rings. The van der Waals surface area contributed by atoms with E-state index in [1.165, 1.54) is 12.5 Å². The largest absolute Gasteiger partial charge is 0.309 e. The molecule has 1 aliphatic rings. The Bertz CT molecular complexity index is 365. The topological polar surface area (TPSA) is 15.3 Å². The molecule has 0 aromatic heterocycles. The molecule has 1 heterocycles. The molecule has 1 saturated heterocycles. The van der Waals surface area contributed by atoms with Crippen molar-refractivity contribution in [3.8, 4) is 0 Å². The van der Waals surface area contributed by atoms with Crippen LogP contribution >= 0.6 is 0 Å². The number of hydrogen-bond acceptors (Lipinski definition) is 2. The Balaban J connectivity index is 1.91. The summed E-state index contributed by atoms with van der Waals surface area (Å²) < 4.78 is 13.1. The third kappa shape index (κ3) is 2.80. The first-order chi connectivity index (χ1) is 7.65. The zero-order valence-corrected chi connectivity index (χ0v) is 9.96. The van der Waals surface area contributed by atoms with Crippen LogP contribution in [0.5, 0.6) is 0 Å². The van der Waals surface area contributed by atoms with Gasteiger partial charge in [0.25, 0.3) is 0 Å². The molecule has 0 amide bonds. The Hall–Kier alpha value is -0.930. The Morgan fingerprint density at radius 1 is 1.50 bits per heavy atom. The Morgan fingerprint density at radius 3 is 3.00 bits per heavy atom. The lowest BCUT2D eigenvalue weighted by atomic mass is 10.1. The average molecular weight is 222 g/mol. The number of hydrogen-bond donors (Lipinski definition) is 1. The SMILES string of the molecule is Cc1ccc(F)cc1CNC1CCN(C)C1. The van der Waals surface area contributed by atoms with Crippen molar-refractivity contribution < 1.29 is 4.39 Å². The van der Waals surface area contributed by atoms with Crippen molar-refractivity contribution in [2.75, 3.05) is 20.1 Å². The van der Waals surface area contributed by atoms with Crippen LogP contribution in [-0.4, -0.2) is 31.1 Å². The number of likely N-dealkylation sites (tertiary alicyclic amines) is 1. The van der Waals surface area contributed by atoms with E-state index in [9.17, 15) is 4.39 Å². The van der Waals surface area contributed by atoms with Gasteiger partial charge in [-0.1, -0.05) is 6.07 Å². The van der Waals surface area contributed by atoms with Gasteiger partial charge in [0.1, 0.15) is 5.82 Å². The van der Waals surface area contributed by atoms with Gasteiger partial charge in [-0.3, -0.25) is 0 Å². The first kappa shape index (κ1) is 11.6. The minimum Gasteiger partial charge on any atom is -0.309 e. The number of likely N-dealkylation sites (N-methyl/N-ethyl adjacent to an activating group) is 1. The van der Waals surface area contributed by atoms with Crippen molar-refractivity contribution in [1.29, 1.82) is 0 Å². The maximum absolute atomic E-state index is 13.1. The lowest BCUT2D eigenvalue weighted by Gasteiger charge is -2.14. The van der Waals surface area contributed by atoms with Crippen molar-refractivity contribution >= 4 is 0 Å². The first-order valence-electron chi connectivity index (χ1n) is 5.82. The minimum absolute atomic E-state index is 0.147. The van der Waals surface area contributed by atoms with Gasteiger partial charge in [0.05, 0.1) is 0 Å². The van der Waals surface area contributed by atoms with E-state index >= 15 is 0 Å². The third-order valence-electron chi connectivity index (χ3n) is 3.28. The number of halogens is 1. The van der Waals surface area contributed by atoms with Crippen molar-refractivity contribution in [3.63, 3.8) is 0 Å². The van der Waals surface area contributed by atoms with Gasteiger partial charge in [-0.05, 0) is 50.2 Å². The monoisotopic (exact) mass is 222 g/mol. The lowest BCUT2D eigenvalue weighted by Crippen LogP contribution is -2.31. The van der Waals surface area contributed by atoms with E-state index in [4.69, 9.17) is 0 Å². The van der Waals surface area contributed by atoms with Crippen molar-refractivity contribution in [1.82, 2.24) is 10.2 Å². The van der Waals surface area contributed by atoms with Gasteiger partial charge in [-0.25, -0.2) is 4.39 Å². The summed E-state index contributed by atoms with van der Waals surface area (Å²) in [6.45, 7) is 5.04. The van der Waals surface area contributed by atoms with Gasteiger partial charge < -0.3 is 10.2 Å². The van der Waals surface area contributed by atoms with Crippen LogP contribution in [0.2, 0.25) is 0 Å². The fourth-order valence-electron chi connectivity index (χ4n) is 2.19. The van der Waals surface area contributed by atoms with Gasteiger partial charge >= 0.3 is 0 Å². The van der Waals surface area contributed by atoms with E-state index in [2.05, 4.69) is 17.3 Å². The number of nitrogens with one attached hydrogen (secondary N) is 1. The van der Waals surface area contributed by atoms with Crippen LogP contribution in [0.25, 0.3) is 0 Å². The van der Waals surface area contributed by atoms with Crippen LogP contribution in [0.4, 0.5) is 4.39 Å². The smallest absolute Gasteiger partial charge is 0.123 e. The van der Waals surface area contributed by atoms with Crippen LogP contribution in [0.15, 0.2) is 18.2 Å². The molecule has 1 unspecified atom stereocenters. The van der Waals surface area contributed by atoms with Crippen molar-refractivity contribution in [3.05, 3.63) is 35.1 Å². The number of benzene rings is 1. The number of rotatable bonds is 3. The summed E-state index contributed by atoms with van der Waals surface area (Å²) in [6.07, 6.45) is 1.19. The summed E-state index contributed by atoms with van der Waals surface area (Å²) in [5.74, 6) is -0.147. The van der Waals surface area contributed by atoms with Crippen LogP contribution in [0.3, 0.4) is 0 Å². The Labute approximate surface area is 96.5 Å². The van der Waals surface area contributed by atoms with Crippen molar-refractivity contribution in [2.24, 2.45) is 0 Å². The number of nitrogens with zero attached hydrogens (tertiary/aromatic N) is 1. The maximum atomic E-state index is 13.1. The minimum atomic E-state index is -0.147. The van der Waals surface area contributed by atoms with E-state index in [0.717, 1.165) is 30.8 Å². The number of aryl methyl sites for hydroxylation is 1. The van der Waals surface area contributed by atoms with Gasteiger partial charge in [0, 0.05) is 19.1 Å². The highest BCUT2D eigenvalue weighted by molar-refractivity contribution is 5.26. The van der Waals surface area contributed by atoms with E-state index in [0.29, 0.717) is 6.04 Å². The highest BCUT2D eigenvalue weighted by Gasteiger charge is 2.18. The van der Waals surface area contributed by atoms with Gasteiger partial charge in [0.2, 0.25) is 0 Å². The highest BCUT2D eigenvalue weighted by Crippen LogP contribution is 2.12. The lowest BCUT2D eigenvalue weighted by molar-refractivity contribution is 0.397. The van der Waals surface area contributed by atoms with Gasteiger partial charge in [0.15, 0.2) is 0 Å². The first-order valence-corrected chi connectivity index (χ1v) is 5.82. The zero-order chi connectivity index (χ0) is 11.5. The van der Waals surface area contributed by atoms with Gasteiger partial charge in [-0.2, -0.15) is 0 Å². The molecule has 0 aliphatic carbocycles. The molecule has 1 aromatic carbocycles. The molecule has 2 rings (SSSR count). The van der Waals surface area contributed by atoms with Gasteiger partial charge in [-0.15, -0.1) is 0 Å². The van der Waals surface area contributed by atoms with E-state index in [1.807, 2.05) is 13.0 Å². The molecular weight excluding hydrogens is 203 g/mol. The molecular formula is C13H19FN2. The predicted molar refractivity (Wildman–Crippen MR) is 63.9 cm³/mol. The maximum Gasteiger partial charge on any atom is 0.123 e. The Morgan fingerprint density at radius 2 is 2.31 bits per heavy atom.